The zero-order valence-electron chi connectivity index (χ0n) is 37.3. The van der Waals surface area contributed by atoms with Gasteiger partial charge in [-0.1, -0.05) is 176 Å². The topological polar surface area (TPSA) is 53.5 Å². The number of benzene rings is 10. The average Bonchev–Trinajstić information content (AvgIpc) is 4.07. The van der Waals surface area contributed by atoms with Crippen LogP contribution < -0.4 is 0 Å². The summed E-state index contributed by atoms with van der Waals surface area (Å²) in [6, 6.07) is 86.3. The molecule has 4 heterocycles. The summed E-state index contributed by atoms with van der Waals surface area (Å²) in [6.45, 7) is 0. The van der Waals surface area contributed by atoms with Gasteiger partial charge in [-0.15, -0.1) is 0 Å². The summed E-state index contributed by atoms with van der Waals surface area (Å²) >= 11 is 0. The minimum atomic E-state index is 0.590. The van der Waals surface area contributed by atoms with E-state index < -0.39 is 0 Å². The predicted molar refractivity (Wildman–Crippen MR) is 285 cm³/mol. The van der Waals surface area contributed by atoms with Crippen molar-refractivity contribution in [3.05, 3.63) is 243 Å². The second kappa shape index (κ2) is 15.6. The van der Waals surface area contributed by atoms with Crippen molar-refractivity contribution in [1.82, 2.24) is 28.7 Å². The standard InChI is InChI=1S/C63H40N6/c1-4-20-41(21-5-1)61-64-62(42-22-6-2-7-23-42)66-63(65-61)50-31-19-37-58(60(50)69-53-33-15-10-26-46(53)47-27-11-16-34-54(47)69)68-52-32-14-12-28-48(52)51-40-43(38-39-56(51)68)45-30-18-36-57-59(45)49-29-13-17-35-55(49)67(57)44-24-8-3-9-25-44/h1-40H. The van der Waals surface area contributed by atoms with Crippen LogP contribution in [0.5, 0.6) is 0 Å². The van der Waals surface area contributed by atoms with Crippen LogP contribution >= 0.6 is 0 Å². The first-order valence-corrected chi connectivity index (χ1v) is 23.4. The molecule has 0 aliphatic carbocycles. The van der Waals surface area contributed by atoms with Gasteiger partial charge in [0.25, 0.3) is 0 Å². The summed E-state index contributed by atoms with van der Waals surface area (Å²) in [6.07, 6.45) is 0. The van der Waals surface area contributed by atoms with Crippen LogP contribution in [0.2, 0.25) is 0 Å². The first kappa shape index (κ1) is 38.8. The summed E-state index contributed by atoms with van der Waals surface area (Å²) < 4.78 is 7.25. The van der Waals surface area contributed by atoms with E-state index in [1.54, 1.807) is 0 Å². The number of rotatable bonds is 7. The van der Waals surface area contributed by atoms with Gasteiger partial charge in [0.1, 0.15) is 0 Å². The maximum absolute atomic E-state index is 5.34. The Hall–Kier alpha value is -9.39. The number of nitrogens with zero attached hydrogens (tertiary/aromatic N) is 6. The summed E-state index contributed by atoms with van der Waals surface area (Å²) in [7, 11) is 0. The molecule has 6 heteroatoms. The number of aromatic nitrogens is 6. The van der Waals surface area contributed by atoms with E-state index in [1.807, 2.05) is 36.4 Å². The first-order valence-electron chi connectivity index (χ1n) is 23.4. The third kappa shape index (κ3) is 6.09. The van der Waals surface area contributed by atoms with Crippen LogP contribution in [0.15, 0.2) is 243 Å². The molecule has 0 radical (unpaired) electrons. The van der Waals surface area contributed by atoms with E-state index in [2.05, 4.69) is 220 Å². The highest BCUT2D eigenvalue weighted by Gasteiger charge is 2.25. The van der Waals surface area contributed by atoms with Crippen molar-refractivity contribution in [1.29, 1.82) is 0 Å². The molecule has 0 fully saturated rings. The molecule has 0 amide bonds. The Kier molecular flexibility index (Phi) is 8.79. The Bertz CT molecular complexity index is 4190. The lowest BCUT2D eigenvalue weighted by Gasteiger charge is -2.20. The fourth-order valence-corrected chi connectivity index (χ4v) is 10.7. The van der Waals surface area contributed by atoms with Crippen LogP contribution in [0.25, 0.3) is 128 Å². The number of hydrogen-bond acceptors (Lipinski definition) is 3. The van der Waals surface area contributed by atoms with Gasteiger partial charge < -0.3 is 13.7 Å². The van der Waals surface area contributed by atoms with Gasteiger partial charge in [-0.25, -0.2) is 15.0 Å². The quantitative estimate of drug-likeness (QED) is 0.160. The van der Waals surface area contributed by atoms with E-state index in [-0.39, 0.29) is 0 Å². The van der Waals surface area contributed by atoms with Gasteiger partial charge >= 0.3 is 0 Å². The van der Waals surface area contributed by atoms with Crippen molar-refractivity contribution in [3.8, 4) is 62.4 Å². The van der Waals surface area contributed by atoms with E-state index in [9.17, 15) is 0 Å². The fourth-order valence-electron chi connectivity index (χ4n) is 10.7. The van der Waals surface area contributed by atoms with Crippen LogP contribution in [0.4, 0.5) is 0 Å². The molecule has 0 aliphatic heterocycles. The lowest BCUT2D eigenvalue weighted by molar-refractivity contribution is 1.05. The highest BCUT2D eigenvalue weighted by atomic mass is 15.1. The van der Waals surface area contributed by atoms with Crippen molar-refractivity contribution in [2.75, 3.05) is 0 Å². The Morgan fingerprint density at radius 3 is 1.33 bits per heavy atom. The van der Waals surface area contributed by atoms with Gasteiger partial charge in [0, 0.05) is 54.7 Å². The highest BCUT2D eigenvalue weighted by Crippen LogP contribution is 2.44. The molecule has 0 spiro atoms. The van der Waals surface area contributed by atoms with Gasteiger partial charge in [0.15, 0.2) is 17.5 Å². The van der Waals surface area contributed by atoms with Gasteiger partial charge in [0.2, 0.25) is 0 Å². The summed E-state index contributed by atoms with van der Waals surface area (Å²) in [4.78, 5) is 15.8. The minimum Gasteiger partial charge on any atom is -0.309 e. The Morgan fingerprint density at radius 1 is 0.261 bits per heavy atom. The lowest BCUT2D eigenvalue weighted by Crippen LogP contribution is -2.08. The van der Waals surface area contributed by atoms with Gasteiger partial charge in [-0.2, -0.15) is 0 Å². The van der Waals surface area contributed by atoms with Crippen molar-refractivity contribution in [3.63, 3.8) is 0 Å². The third-order valence-corrected chi connectivity index (χ3v) is 13.7. The molecule has 0 saturated carbocycles. The molecule has 0 N–H and O–H groups in total. The Balaban J connectivity index is 1.06. The molecule has 10 aromatic carbocycles. The lowest BCUT2D eigenvalue weighted by atomic mass is 9.98. The summed E-state index contributed by atoms with van der Waals surface area (Å²) in [5.41, 5.74) is 15.0. The molecule has 0 unspecified atom stereocenters. The van der Waals surface area contributed by atoms with E-state index in [1.165, 1.54) is 48.9 Å². The molecule has 0 bridgehead atoms. The van der Waals surface area contributed by atoms with E-state index >= 15 is 0 Å². The molecule has 6 nitrogen and oxygen atoms in total. The zero-order chi connectivity index (χ0) is 45.4. The molecule has 322 valence electrons. The smallest absolute Gasteiger partial charge is 0.166 e. The monoisotopic (exact) mass is 880 g/mol. The van der Waals surface area contributed by atoms with Gasteiger partial charge in [0.05, 0.1) is 44.5 Å². The zero-order valence-corrected chi connectivity index (χ0v) is 37.3. The van der Waals surface area contributed by atoms with Crippen LogP contribution in [0.3, 0.4) is 0 Å². The van der Waals surface area contributed by atoms with Crippen molar-refractivity contribution < 1.29 is 0 Å². The molecule has 0 saturated heterocycles. The van der Waals surface area contributed by atoms with Gasteiger partial charge in [-0.05, 0) is 77.9 Å². The first-order chi connectivity index (χ1) is 34.3. The van der Waals surface area contributed by atoms with E-state index in [4.69, 9.17) is 15.0 Å². The summed E-state index contributed by atoms with van der Waals surface area (Å²) in [5, 5.41) is 7.16. The molecule has 14 rings (SSSR count). The SMILES string of the molecule is c1ccc(-c2nc(-c3ccccc3)nc(-c3cccc(-n4c5ccccc5c5cc(-c6cccc7c6c6ccccc6n7-c6ccccc6)ccc54)c3-n3c4ccccc4c4ccccc43)n2)cc1. The fraction of sp³-hybridized carbons (Fsp3) is 0. The normalized spacial score (nSPS) is 11.8. The van der Waals surface area contributed by atoms with E-state index in [0.29, 0.717) is 17.5 Å². The molecule has 69 heavy (non-hydrogen) atoms. The number of para-hydroxylation sites is 6. The van der Waals surface area contributed by atoms with E-state index in [0.717, 1.165) is 61.4 Å². The molecule has 4 aromatic heterocycles. The van der Waals surface area contributed by atoms with Crippen molar-refractivity contribution in [2.45, 2.75) is 0 Å². The van der Waals surface area contributed by atoms with Gasteiger partial charge in [-0.3, -0.25) is 0 Å². The largest absolute Gasteiger partial charge is 0.309 e. The number of hydrogen-bond donors (Lipinski definition) is 0. The molecular formula is C63H40N6. The predicted octanol–water partition coefficient (Wildman–Crippen LogP) is 15.8. The van der Waals surface area contributed by atoms with Crippen molar-refractivity contribution in [2.24, 2.45) is 0 Å². The minimum absolute atomic E-state index is 0.590. The van der Waals surface area contributed by atoms with Crippen LogP contribution in [0.1, 0.15) is 0 Å². The Morgan fingerprint density at radius 2 is 0.710 bits per heavy atom. The maximum atomic E-state index is 5.34. The molecular weight excluding hydrogens is 841 g/mol. The molecule has 14 aromatic rings. The van der Waals surface area contributed by atoms with Crippen LogP contribution in [-0.4, -0.2) is 28.7 Å². The number of fused-ring (bicyclic) bond motifs is 9. The second-order valence-electron chi connectivity index (χ2n) is 17.6. The summed E-state index contributed by atoms with van der Waals surface area (Å²) in [5.74, 6) is 1.82. The second-order valence-corrected chi connectivity index (χ2v) is 17.6. The molecule has 0 atom stereocenters. The van der Waals surface area contributed by atoms with Crippen molar-refractivity contribution >= 4 is 65.4 Å². The Labute approximate surface area is 397 Å². The average molecular weight is 881 g/mol. The van der Waals surface area contributed by atoms with Crippen LogP contribution in [0, 0.1) is 0 Å². The molecule has 0 aliphatic rings. The highest BCUT2D eigenvalue weighted by molar-refractivity contribution is 6.18. The van der Waals surface area contributed by atoms with Crippen LogP contribution in [-0.2, 0) is 0 Å². The third-order valence-electron chi connectivity index (χ3n) is 13.7. The maximum Gasteiger partial charge on any atom is 0.166 e.